The summed E-state index contributed by atoms with van der Waals surface area (Å²) in [5.74, 6) is -0.680. The average Bonchev–Trinajstić information content (AvgIpc) is 2.95. The molecular weight excluding hydrogens is 280 g/mol. The molecule has 21 heavy (non-hydrogen) atoms. The van der Waals surface area contributed by atoms with E-state index in [1.807, 2.05) is 18.2 Å². The number of rotatable bonds is 4. The van der Waals surface area contributed by atoms with Crippen LogP contribution in [0.2, 0.25) is 0 Å². The lowest BCUT2D eigenvalue weighted by Gasteiger charge is -2.35. The molecule has 0 spiro atoms. The van der Waals surface area contributed by atoms with E-state index < -0.39 is 11.4 Å². The van der Waals surface area contributed by atoms with Gasteiger partial charge in [-0.15, -0.1) is 11.3 Å². The second kappa shape index (κ2) is 5.64. The molecule has 1 aliphatic rings. The van der Waals surface area contributed by atoms with Crippen molar-refractivity contribution >= 4 is 17.3 Å². The SMILES string of the molecule is CCc1ccc(CC2(C(=O)O)CCCc3ccccc32)s1. The number of carbonyl (C=O) groups is 1. The van der Waals surface area contributed by atoms with E-state index in [1.165, 1.54) is 15.3 Å². The van der Waals surface area contributed by atoms with E-state index in [1.54, 1.807) is 11.3 Å². The van der Waals surface area contributed by atoms with E-state index in [2.05, 4.69) is 25.1 Å². The van der Waals surface area contributed by atoms with Gasteiger partial charge in [-0.1, -0.05) is 31.2 Å². The first-order valence-electron chi connectivity index (χ1n) is 7.55. The fourth-order valence-electron chi connectivity index (χ4n) is 3.41. The van der Waals surface area contributed by atoms with E-state index in [0.717, 1.165) is 31.2 Å². The first kappa shape index (κ1) is 14.3. The second-order valence-electron chi connectivity index (χ2n) is 5.80. The molecular formula is C18H20O2S. The molecule has 0 saturated carbocycles. The van der Waals surface area contributed by atoms with Gasteiger partial charge in [0.2, 0.25) is 0 Å². The molecule has 0 fully saturated rings. The molecule has 0 aliphatic heterocycles. The van der Waals surface area contributed by atoms with Crippen molar-refractivity contribution in [1.82, 2.24) is 0 Å². The van der Waals surface area contributed by atoms with E-state index in [4.69, 9.17) is 0 Å². The van der Waals surface area contributed by atoms with Crippen LogP contribution in [-0.4, -0.2) is 11.1 Å². The monoisotopic (exact) mass is 300 g/mol. The number of carboxylic acids is 1. The number of fused-ring (bicyclic) bond motifs is 1. The highest BCUT2D eigenvalue weighted by atomic mass is 32.1. The summed E-state index contributed by atoms with van der Waals surface area (Å²) in [5.41, 5.74) is 1.48. The van der Waals surface area contributed by atoms with Gasteiger partial charge in [0.15, 0.2) is 0 Å². The topological polar surface area (TPSA) is 37.3 Å². The van der Waals surface area contributed by atoms with Crippen molar-refractivity contribution in [2.75, 3.05) is 0 Å². The Balaban J connectivity index is 2.03. The molecule has 2 nitrogen and oxygen atoms in total. The number of carboxylic acid groups (broad SMARTS) is 1. The van der Waals surface area contributed by atoms with Crippen molar-refractivity contribution in [3.8, 4) is 0 Å². The molecule has 0 bridgehead atoms. The Morgan fingerprint density at radius 3 is 2.71 bits per heavy atom. The van der Waals surface area contributed by atoms with Crippen molar-refractivity contribution in [3.63, 3.8) is 0 Å². The third kappa shape index (κ3) is 2.51. The highest BCUT2D eigenvalue weighted by Crippen LogP contribution is 2.41. The summed E-state index contributed by atoms with van der Waals surface area (Å²) in [6, 6.07) is 12.3. The minimum atomic E-state index is -0.745. The van der Waals surface area contributed by atoms with Gasteiger partial charge >= 0.3 is 5.97 Å². The third-order valence-electron chi connectivity index (χ3n) is 4.53. The van der Waals surface area contributed by atoms with Crippen LogP contribution < -0.4 is 0 Å². The maximum Gasteiger partial charge on any atom is 0.314 e. The van der Waals surface area contributed by atoms with Gasteiger partial charge in [0.25, 0.3) is 0 Å². The second-order valence-corrected chi connectivity index (χ2v) is 7.05. The van der Waals surface area contributed by atoms with Crippen molar-refractivity contribution in [2.24, 2.45) is 0 Å². The van der Waals surface area contributed by atoms with Crippen LogP contribution in [0.5, 0.6) is 0 Å². The fourth-order valence-corrected chi connectivity index (χ4v) is 4.48. The molecule has 2 aromatic rings. The quantitative estimate of drug-likeness (QED) is 0.918. The fraction of sp³-hybridized carbons (Fsp3) is 0.389. The van der Waals surface area contributed by atoms with Gasteiger partial charge < -0.3 is 5.11 Å². The summed E-state index contributed by atoms with van der Waals surface area (Å²) < 4.78 is 0. The van der Waals surface area contributed by atoms with Crippen molar-refractivity contribution in [3.05, 3.63) is 57.3 Å². The third-order valence-corrected chi connectivity index (χ3v) is 5.76. The molecule has 3 heteroatoms. The van der Waals surface area contributed by atoms with Crippen LogP contribution in [0.1, 0.15) is 40.6 Å². The van der Waals surface area contributed by atoms with Gasteiger partial charge in [-0.2, -0.15) is 0 Å². The number of benzene rings is 1. The van der Waals surface area contributed by atoms with Crippen LogP contribution in [0.25, 0.3) is 0 Å². The lowest BCUT2D eigenvalue weighted by Crippen LogP contribution is -2.41. The van der Waals surface area contributed by atoms with Gasteiger partial charge in [0, 0.05) is 16.2 Å². The largest absolute Gasteiger partial charge is 0.481 e. The maximum absolute atomic E-state index is 12.1. The number of aryl methyl sites for hydroxylation is 2. The highest BCUT2D eigenvalue weighted by molar-refractivity contribution is 7.12. The number of thiophene rings is 1. The molecule has 3 rings (SSSR count). The van der Waals surface area contributed by atoms with Crippen molar-refractivity contribution < 1.29 is 9.90 Å². The summed E-state index contributed by atoms with van der Waals surface area (Å²) in [7, 11) is 0. The van der Waals surface area contributed by atoms with E-state index >= 15 is 0 Å². The summed E-state index contributed by atoms with van der Waals surface area (Å²) in [5, 5.41) is 9.97. The van der Waals surface area contributed by atoms with Crippen LogP contribution in [0.3, 0.4) is 0 Å². The molecule has 1 aromatic carbocycles. The van der Waals surface area contributed by atoms with Crippen LogP contribution in [0, 0.1) is 0 Å². The zero-order valence-electron chi connectivity index (χ0n) is 12.3. The summed E-state index contributed by atoms with van der Waals surface area (Å²) in [4.78, 5) is 14.6. The Kier molecular flexibility index (Phi) is 3.85. The van der Waals surface area contributed by atoms with Crippen molar-refractivity contribution in [2.45, 2.75) is 44.4 Å². The lowest BCUT2D eigenvalue weighted by molar-refractivity contribution is -0.144. The standard InChI is InChI=1S/C18H20O2S/c1-2-14-9-10-15(21-14)12-18(17(19)20)11-5-7-13-6-3-4-8-16(13)18/h3-4,6,8-10H,2,5,7,11-12H2,1H3,(H,19,20). The van der Waals surface area contributed by atoms with Crippen LogP contribution >= 0.6 is 11.3 Å². The first-order valence-corrected chi connectivity index (χ1v) is 8.37. The van der Waals surface area contributed by atoms with Crippen LogP contribution in [0.15, 0.2) is 36.4 Å². The predicted molar refractivity (Wildman–Crippen MR) is 86.1 cm³/mol. The van der Waals surface area contributed by atoms with Gasteiger partial charge in [-0.05, 0) is 48.9 Å². The summed E-state index contributed by atoms with van der Waals surface area (Å²) in [6.45, 7) is 2.14. The Morgan fingerprint density at radius 1 is 1.24 bits per heavy atom. The molecule has 0 amide bonds. The summed E-state index contributed by atoms with van der Waals surface area (Å²) >= 11 is 1.75. The molecule has 1 aromatic heterocycles. The molecule has 1 N–H and O–H groups in total. The van der Waals surface area contributed by atoms with Gasteiger partial charge in [-0.25, -0.2) is 0 Å². The average molecular weight is 300 g/mol. The zero-order chi connectivity index (χ0) is 14.9. The molecule has 0 radical (unpaired) electrons. The predicted octanol–water partition coefficient (Wildman–Crippen LogP) is 4.21. The maximum atomic E-state index is 12.1. The lowest BCUT2D eigenvalue weighted by atomic mass is 9.68. The normalized spacial score (nSPS) is 21.0. The molecule has 1 atom stereocenters. The highest BCUT2D eigenvalue weighted by Gasteiger charge is 2.43. The molecule has 1 heterocycles. The number of aliphatic carboxylic acids is 1. The molecule has 1 unspecified atom stereocenters. The molecule has 110 valence electrons. The van der Waals surface area contributed by atoms with Gasteiger partial charge in [0.05, 0.1) is 5.41 Å². The van der Waals surface area contributed by atoms with Crippen LogP contribution in [-0.2, 0) is 29.5 Å². The summed E-state index contributed by atoms with van der Waals surface area (Å²) in [6.07, 6.45) is 4.31. The minimum absolute atomic E-state index is 0.615. The number of hydrogen-bond donors (Lipinski definition) is 1. The van der Waals surface area contributed by atoms with E-state index in [-0.39, 0.29) is 0 Å². The van der Waals surface area contributed by atoms with Gasteiger partial charge in [0.1, 0.15) is 0 Å². The van der Waals surface area contributed by atoms with Gasteiger partial charge in [-0.3, -0.25) is 4.79 Å². The smallest absolute Gasteiger partial charge is 0.314 e. The minimum Gasteiger partial charge on any atom is -0.481 e. The first-order chi connectivity index (χ1) is 10.2. The molecule has 1 aliphatic carbocycles. The van der Waals surface area contributed by atoms with E-state index in [0.29, 0.717) is 6.42 Å². The number of hydrogen-bond acceptors (Lipinski definition) is 2. The Labute approximate surface area is 129 Å². The van der Waals surface area contributed by atoms with E-state index in [9.17, 15) is 9.90 Å². The molecule has 0 saturated heterocycles. The Bertz CT molecular complexity index is 659. The Hall–Kier alpha value is -1.61. The van der Waals surface area contributed by atoms with Crippen molar-refractivity contribution in [1.29, 1.82) is 0 Å². The zero-order valence-corrected chi connectivity index (χ0v) is 13.1. The van der Waals surface area contributed by atoms with Crippen LogP contribution in [0.4, 0.5) is 0 Å². The Morgan fingerprint density at radius 2 is 2.00 bits per heavy atom.